The number of nitrogens with two attached hydrogens (primary N) is 1. The van der Waals surface area contributed by atoms with Gasteiger partial charge in [-0.1, -0.05) is 58.3 Å². The highest BCUT2D eigenvalue weighted by Gasteiger charge is 1.99. The molecule has 0 aromatic carbocycles. The topological polar surface area (TPSA) is 29.9 Å². The van der Waals surface area contributed by atoms with Crippen LogP contribution in [0.3, 0.4) is 0 Å². The van der Waals surface area contributed by atoms with E-state index in [9.17, 15) is 0 Å². The highest BCUT2D eigenvalue weighted by molar-refractivity contribution is 5.85. The zero-order valence-electron chi connectivity index (χ0n) is 13.0. The second-order valence-corrected chi connectivity index (χ2v) is 5.55. The van der Waals surface area contributed by atoms with Gasteiger partial charge in [0, 0.05) is 24.2 Å². The highest BCUT2D eigenvalue weighted by atomic mass is 35.5. The molecule has 0 spiro atoms. The normalized spacial score (nSPS) is 10.2. The minimum atomic E-state index is 0. The monoisotopic (exact) mass is 299 g/mol. The Hall–Kier alpha value is -0.760. The summed E-state index contributed by atoms with van der Waals surface area (Å²) in [4.78, 5) is 0. The largest absolute Gasteiger partial charge is 0.398 e. The SMILES string of the molecule is CCCCCCCCCCCC[n+]1ccc(N)cc1.Cl. The number of rotatable bonds is 11. The van der Waals surface area contributed by atoms with E-state index in [2.05, 4.69) is 23.9 Å². The highest BCUT2D eigenvalue weighted by Crippen LogP contribution is 2.10. The van der Waals surface area contributed by atoms with E-state index in [0.717, 1.165) is 12.2 Å². The van der Waals surface area contributed by atoms with Crippen LogP contribution in [0.4, 0.5) is 5.69 Å². The Morgan fingerprint density at radius 3 is 1.75 bits per heavy atom. The van der Waals surface area contributed by atoms with Crippen molar-refractivity contribution in [3.05, 3.63) is 24.5 Å². The molecule has 1 rings (SSSR count). The van der Waals surface area contributed by atoms with Crippen molar-refractivity contribution in [2.45, 2.75) is 77.7 Å². The van der Waals surface area contributed by atoms with E-state index >= 15 is 0 Å². The van der Waals surface area contributed by atoms with E-state index in [-0.39, 0.29) is 12.4 Å². The number of aryl methyl sites for hydroxylation is 1. The summed E-state index contributed by atoms with van der Waals surface area (Å²) in [6, 6.07) is 3.94. The fraction of sp³-hybridized carbons (Fsp3) is 0.706. The smallest absolute Gasteiger partial charge is 0.170 e. The number of unbranched alkanes of at least 4 members (excludes halogenated alkanes) is 9. The Balaban J connectivity index is 0.00000361. The minimum absolute atomic E-state index is 0. The van der Waals surface area contributed by atoms with Crippen LogP contribution in [0.2, 0.25) is 0 Å². The third-order valence-electron chi connectivity index (χ3n) is 3.69. The third-order valence-corrected chi connectivity index (χ3v) is 3.69. The molecule has 0 amide bonds. The maximum atomic E-state index is 5.67. The molecule has 0 bridgehead atoms. The van der Waals surface area contributed by atoms with Crippen LogP contribution in [-0.2, 0) is 6.54 Å². The molecule has 2 nitrogen and oxygen atoms in total. The van der Waals surface area contributed by atoms with E-state index in [1.165, 1.54) is 64.2 Å². The van der Waals surface area contributed by atoms with Crippen LogP contribution in [0.25, 0.3) is 0 Å². The molecule has 0 radical (unpaired) electrons. The summed E-state index contributed by atoms with van der Waals surface area (Å²) in [6.45, 7) is 3.40. The summed E-state index contributed by atoms with van der Waals surface area (Å²) in [5, 5.41) is 0. The van der Waals surface area contributed by atoms with E-state index < -0.39 is 0 Å². The van der Waals surface area contributed by atoms with Gasteiger partial charge in [0.05, 0.1) is 0 Å². The van der Waals surface area contributed by atoms with E-state index in [1.807, 2.05) is 12.1 Å². The van der Waals surface area contributed by atoms with E-state index in [4.69, 9.17) is 5.73 Å². The zero-order chi connectivity index (χ0) is 13.8. The maximum absolute atomic E-state index is 5.67. The average Bonchev–Trinajstić information content (AvgIpc) is 2.43. The molecule has 1 heterocycles. The number of nitrogens with zero attached hydrogens (tertiary/aromatic N) is 1. The molecule has 0 fully saturated rings. The van der Waals surface area contributed by atoms with Gasteiger partial charge in [-0.2, -0.15) is 0 Å². The Morgan fingerprint density at radius 2 is 1.25 bits per heavy atom. The Kier molecular flexibility index (Phi) is 12.7. The summed E-state index contributed by atoms with van der Waals surface area (Å²) < 4.78 is 2.22. The van der Waals surface area contributed by atoms with Crippen LogP contribution < -0.4 is 10.3 Å². The van der Waals surface area contributed by atoms with Crippen molar-refractivity contribution in [3.8, 4) is 0 Å². The number of hydrogen-bond acceptors (Lipinski definition) is 1. The summed E-state index contributed by atoms with van der Waals surface area (Å²) in [7, 11) is 0. The lowest BCUT2D eigenvalue weighted by molar-refractivity contribution is -0.697. The van der Waals surface area contributed by atoms with Gasteiger partial charge in [-0.15, -0.1) is 12.4 Å². The first-order valence-electron chi connectivity index (χ1n) is 8.07. The molecule has 0 atom stereocenters. The average molecular weight is 300 g/mol. The number of halogens is 1. The van der Waals surface area contributed by atoms with Crippen LogP contribution >= 0.6 is 12.4 Å². The lowest BCUT2D eigenvalue weighted by Crippen LogP contribution is -2.32. The third kappa shape index (κ3) is 10.1. The van der Waals surface area contributed by atoms with Gasteiger partial charge in [0.2, 0.25) is 0 Å². The number of nitrogen functional groups attached to an aromatic ring is 1. The van der Waals surface area contributed by atoms with Crippen molar-refractivity contribution >= 4 is 18.1 Å². The maximum Gasteiger partial charge on any atom is 0.170 e. The quantitative estimate of drug-likeness (QED) is 0.457. The molecular weight excluding hydrogens is 268 g/mol. The second kappa shape index (κ2) is 13.2. The van der Waals surface area contributed by atoms with Crippen molar-refractivity contribution in [1.82, 2.24) is 0 Å². The van der Waals surface area contributed by atoms with Gasteiger partial charge in [0.1, 0.15) is 6.54 Å². The van der Waals surface area contributed by atoms with Crippen LogP contribution in [0.15, 0.2) is 24.5 Å². The van der Waals surface area contributed by atoms with Crippen LogP contribution in [-0.4, -0.2) is 0 Å². The predicted octanol–water partition coefficient (Wildman–Crippen LogP) is 4.90. The van der Waals surface area contributed by atoms with Crippen molar-refractivity contribution in [3.63, 3.8) is 0 Å². The van der Waals surface area contributed by atoms with Crippen molar-refractivity contribution in [2.24, 2.45) is 0 Å². The van der Waals surface area contributed by atoms with E-state index in [1.54, 1.807) is 0 Å². The fourth-order valence-corrected chi connectivity index (χ4v) is 2.40. The number of anilines is 1. The molecule has 0 saturated heterocycles. The number of pyridine rings is 1. The number of aromatic nitrogens is 1. The van der Waals surface area contributed by atoms with Crippen LogP contribution in [0.5, 0.6) is 0 Å². The lowest BCUT2D eigenvalue weighted by Gasteiger charge is -2.01. The Bertz CT molecular complexity index is 311. The first-order valence-corrected chi connectivity index (χ1v) is 8.07. The summed E-state index contributed by atoms with van der Waals surface area (Å²) in [6.07, 6.45) is 18.1. The van der Waals surface area contributed by atoms with Gasteiger partial charge in [-0.05, 0) is 6.42 Å². The fourth-order valence-electron chi connectivity index (χ4n) is 2.40. The van der Waals surface area contributed by atoms with Crippen molar-refractivity contribution in [1.29, 1.82) is 0 Å². The summed E-state index contributed by atoms with van der Waals surface area (Å²) >= 11 is 0. The molecule has 0 unspecified atom stereocenters. The van der Waals surface area contributed by atoms with Crippen LogP contribution in [0, 0.1) is 0 Å². The standard InChI is InChI=1S/C17H30N2.ClH/c1-2-3-4-5-6-7-8-9-10-11-14-19-15-12-17(18)13-16-19;/h12-13,15-16,18H,2-11,14H2,1H3;1H/p+1. The number of hydrogen-bond donors (Lipinski definition) is 1. The van der Waals surface area contributed by atoms with E-state index in [0.29, 0.717) is 0 Å². The zero-order valence-corrected chi connectivity index (χ0v) is 13.8. The molecular formula is C17H32ClN2+. The summed E-state index contributed by atoms with van der Waals surface area (Å²) in [5.74, 6) is 0. The van der Waals surface area contributed by atoms with Crippen molar-refractivity contribution in [2.75, 3.05) is 5.73 Å². The van der Waals surface area contributed by atoms with Gasteiger partial charge < -0.3 is 5.73 Å². The summed E-state index contributed by atoms with van der Waals surface area (Å²) in [5.41, 5.74) is 6.51. The first-order chi connectivity index (χ1) is 9.33. The molecule has 20 heavy (non-hydrogen) atoms. The van der Waals surface area contributed by atoms with Gasteiger partial charge in [-0.25, -0.2) is 4.57 Å². The molecule has 1 aromatic rings. The second-order valence-electron chi connectivity index (χ2n) is 5.55. The minimum Gasteiger partial charge on any atom is -0.398 e. The molecule has 1 aromatic heterocycles. The van der Waals surface area contributed by atoms with Crippen LogP contribution in [0.1, 0.15) is 71.1 Å². The van der Waals surface area contributed by atoms with Crippen molar-refractivity contribution < 1.29 is 4.57 Å². The molecule has 0 saturated carbocycles. The molecule has 0 aliphatic rings. The van der Waals surface area contributed by atoms with Gasteiger partial charge in [0.15, 0.2) is 12.4 Å². The Morgan fingerprint density at radius 1 is 0.800 bits per heavy atom. The van der Waals surface area contributed by atoms with Gasteiger partial charge in [-0.3, -0.25) is 0 Å². The van der Waals surface area contributed by atoms with Gasteiger partial charge >= 0.3 is 0 Å². The lowest BCUT2D eigenvalue weighted by atomic mass is 10.1. The molecule has 3 heteroatoms. The van der Waals surface area contributed by atoms with Gasteiger partial charge in [0.25, 0.3) is 0 Å². The molecule has 0 aliphatic heterocycles. The predicted molar refractivity (Wildman–Crippen MR) is 90.1 cm³/mol. The first kappa shape index (κ1) is 19.2. The molecule has 116 valence electrons. The molecule has 2 N–H and O–H groups in total. The Labute approximate surface area is 131 Å². The molecule has 0 aliphatic carbocycles.